The van der Waals surface area contributed by atoms with Crippen LogP contribution >= 0.6 is 11.6 Å². The lowest BCUT2D eigenvalue weighted by Crippen LogP contribution is -2.29. The lowest BCUT2D eigenvalue weighted by atomic mass is 9.92. The number of nitrogens with zero attached hydrogens (tertiary/aromatic N) is 1. The van der Waals surface area contributed by atoms with Crippen LogP contribution in [-0.4, -0.2) is 16.8 Å². The van der Waals surface area contributed by atoms with Crippen molar-refractivity contribution in [2.75, 3.05) is 4.90 Å². The van der Waals surface area contributed by atoms with E-state index in [9.17, 15) is 14.7 Å². The van der Waals surface area contributed by atoms with E-state index >= 15 is 0 Å². The molecule has 4 nitrogen and oxygen atoms in total. The highest BCUT2D eigenvalue weighted by molar-refractivity contribution is 6.51. The fourth-order valence-electron chi connectivity index (χ4n) is 4.02. The Bertz CT molecular complexity index is 1240. The van der Waals surface area contributed by atoms with Crippen molar-refractivity contribution in [1.29, 1.82) is 0 Å². The van der Waals surface area contributed by atoms with Gasteiger partial charge in [0.2, 0.25) is 0 Å². The number of ketones is 1. The molecule has 0 bridgehead atoms. The summed E-state index contributed by atoms with van der Waals surface area (Å²) in [7, 11) is 0. The summed E-state index contributed by atoms with van der Waals surface area (Å²) < 4.78 is 0. The van der Waals surface area contributed by atoms with Crippen molar-refractivity contribution in [3.63, 3.8) is 0 Å². The number of amides is 1. The van der Waals surface area contributed by atoms with Gasteiger partial charge < -0.3 is 5.11 Å². The second-order valence-electron chi connectivity index (χ2n) is 7.88. The molecule has 1 atom stereocenters. The Morgan fingerprint density at radius 1 is 0.903 bits per heavy atom. The number of hydrogen-bond acceptors (Lipinski definition) is 3. The number of aliphatic hydroxyl groups excluding tert-OH is 1. The summed E-state index contributed by atoms with van der Waals surface area (Å²) in [6.07, 6.45) is 0. The smallest absolute Gasteiger partial charge is 0.300 e. The molecule has 1 saturated heterocycles. The molecule has 1 aliphatic heterocycles. The second kappa shape index (κ2) is 8.05. The van der Waals surface area contributed by atoms with Crippen molar-refractivity contribution >= 4 is 34.7 Å². The second-order valence-corrected chi connectivity index (χ2v) is 8.32. The predicted octanol–water partition coefficient (Wildman–Crippen LogP) is 5.89. The van der Waals surface area contributed by atoms with Gasteiger partial charge >= 0.3 is 0 Å². The van der Waals surface area contributed by atoms with Crippen molar-refractivity contribution in [3.8, 4) is 0 Å². The van der Waals surface area contributed by atoms with Crippen LogP contribution in [0.5, 0.6) is 0 Å². The van der Waals surface area contributed by atoms with E-state index in [0.29, 0.717) is 16.3 Å². The van der Waals surface area contributed by atoms with E-state index in [1.54, 1.807) is 24.3 Å². The van der Waals surface area contributed by atoms with E-state index in [1.807, 2.05) is 63.2 Å². The van der Waals surface area contributed by atoms with Gasteiger partial charge in [-0.05, 0) is 56.2 Å². The van der Waals surface area contributed by atoms with E-state index in [0.717, 1.165) is 22.3 Å². The minimum Gasteiger partial charge on any atom is -0.507 e. The molecule has 5 heteroatoms. The largest absolute Gasteiger partial charge is 0.507 e. The summed E-state index contributed by atoms with van der Waals surface area (Å²) >= 11 is 6.18. The number of Topliss-reactive ketones (excluding diaryl/α,β-unsaturated/α-hetero) is 1. The minimum atomic E-state index is -0.765. The average molecular weight is 432 g/mol. The normalized spacial score (nSPS) is 17.9. The Morgan fingerprint density at radius 2 is 1.61 bits per heavy atom. The third-order valence-electron chi connectivity index (χ3n) is 5.54. The molecular weight excluding hydrogens is 410 g/mol. The number of halogens is 1. The van der Waals surface area contributed by atoms with Gasteiger partial charge in [-0.3, -0.25) is 14.5 Å². The van der Waals surface area contributed by atoms with Gasteiger partial charge in [0.15, 0.2) is 0 Å². The van der Waals surface area contributed by atoms with E-state index in [-0.39, 0.29) is 11.3 Å². The zero-order valence-electron chi connectivity index (χ0n) is 17.5. The quantitative estimate of drug-likeness (QED) is 0.319. The summed E-state index contributed by atoms with van der Waals surface area (Å²) in [5.41, 5.74) is 4.61. The molecule has 31 heavy (non-hydrogen) atoms. The number of benzene rings is 3. The first kappa shape index (κ1) is 20.9. The van der Waals surface area contributed by atoms with Crippen molar-refractivity contribution in [1.82, 2.24) is 0 Å². The van der Waals surface area contributed by atoms with Gasteiger partial charge in [0.25, 0.3) is 11.7 Å². The molecule has 3 aromatic carbocycles. The first-order chi connectivity index (χ1) is 14.8. The number of aliphatic hydroxyl groups is 1. The Hall–Kier alpha value is -3.37. The van der Waals surface area contributed by atoms with Crippen molar-refractivity contribution in [2.45, 2.75) is 26.8 Å². The maximum atomic E-state index is 13.2. The molecule has 4 rings (SSSR count). The van der Waals surface area contributed by atoms with E-state index in [2.05, 4.69) is 0 Å². The Balaban J connectivity index is 2.00. The standard InChI is InChI=1S/C26H22ClNO3/c1-15-6-4-7-18(12-15)23-22(24(29)21-13-16(2)10-11-17(21)3)25(30)26(31)28(23)20-9-5-8-19(27)14-20/h4-14,23,29H,1-3H3/b24-22+. The highest BCUT2D eigenvalue weighted by Gasteiger charge is 2.47. The average Bonchev–Trinajstić information content (AvgIpc) is 3.00. The molecule has 3 aromatic rings. The fraction of sp³-hybridized carbons (Fsp3) is 0.154. The SMILES string of the molecule is Cc1cccc(C2/C(=C(\O)c3cc(C)ccc3C)C(=O)C(=O)N2c2cccc(Cl)c2)c1. The summed E-state index contributed by atoms with van der Waals surface area (Å²) in [5.74, 6) is -1.58. The van der Waals surface area contributed by atoms with Gasteiger partial charge in [-0.2, -0.15) is 0 Å². The van der Waals surface area contributed by atoms with Gasteiger partial charge in [0, 0.05) is 16.3 Å². The predicted molar refractivity (Wildman–Crippen MR) is 123 cm³/mol. The van der Waals surface area contributed by atoms with Gasteiger partial charge in [0.1, 0.15) is 5.76 Å². The van der Waals surface area contributed by atoms with Crippen molar-refractivity contribution in [2.24, 2.45) is 0 Å². The summed E-state index contributed by atoms with van der Waals surface area (Å²) in [4.78, 5) is 27.8. The Kier molecular flexibility index (Phi) is 5.42. The van der Waals surface area contributed by atoms with Gasteiger partial charge in [-0.25, -0.2) is 0 Å². The number of carbonyl (C=O) groups excluding carboxylic acids is 2. The zero-order valence-corrected chi connectivity index (χ0v) is 18.3. The maximum Gasteiger partial charge on any atom is 0.300 e. The first-order valence-corrected chi connectivity index (χ1v) is 10.4. The molecular formula is C26H22ClNO3. The van der Waals surface area contributed by atoms with E-state index in [4.69, 9.17) is 11.6 Å². The molecule has 1 heterocycles. The van der Waals surface area contributed by atoms with Crippen molar-refractivity contribution < 1.29 is 14.7 Å². The number of aryl methyl sites for hydroxylation is 3. The third-order valence-corrected chi connectivity index (χ3v) is 5.77. The number of anilines is 1. The monoisotopic (exact) mass is 431 g/mol. The lowest BCUT2D eigenvalue weighted by molar-refractivity contribution is -0.132. The van der Waals surface area contributed by atoms with Crippen LogP contribution in [0, 0.1) is 20.8 Å². The van der Waals surface area contributed by atoms with Crippen LogP contribution in [0.15, 0.2) is 72.3 Å². The summed E-state index contributed by atoms with van der Waals surface area (Å²) in [6.45, 7) is 5.72. The molecule has 0 spiro atoms. The van der Waals surface area contributed by atoms with E-state index < -0.39 is 17.7 Å². The molecule has 1 fully saturated rings. The van der Waals surface area contributed by atoms with Gasteiger partial charge in [-0.15, -0.1) is 0 Å². The highest BCUT2D eigenvalue weighted by Crippen LogP contribution is 2.43. The molecule has 1 amide bonds. The first-order valence-electron chi connectivity index (χ1n) is 9.98. The molecule has 0 aliphatic carbocycles. The molecule has 0 aromatic heterocycles. The zero-order chi connectivity index (χ0) is 22.3. The van der Waals surface area contributed by atoms with Crippen LogP contribution in [0.3, 0.4) is 0 Å². The minimum absolute atomic E-state index is 0.0734. The van der Waals surface area contributed by atoms with Crippen LogP contribution < -0.4 is 4.90 Å². The lowest BCUT2D eigenvalue weighted by Gasteiger charge is -2.26. The van der Waals surface area contributed by atoms with Crippen LogP contribution in [0.4, 0.5) is 5.69 Å². The van der Waals surface area contributed by atoms with Gasteiger partial charge in [0.05, 0.1) is 11.6 Å². The molecule has 1 aliphatic rings. The summed E-state index contributed by atoms with van der Waals surface area (Å²) in [5, 5.41) is 11.7. The van der Waals surface area contributed by atoms with Crippen LogP contribution in [0.1, 0.15) is 33.9 Å². The maximum absolute atomic E-state index is 13.2. The summed E-state index contributed by atoms with van der Waals surface area (Å²) in [6, 6.07) is 19.3. The number of carbonyl (C=O) groups is 2. The van der Waals surface area contributed by atoms with Crippen LogP contribution in [-0.2, 0) is 9.59 Å². The van der Waals surface area contributed by atoms with Crippen LogP contribution in [0.25, 0.3) is 5.76 Å². The molecule has 156 valence electrons. The highest BCUT2D eigenvalue weighted by atomic mass is 35.5. The number of hydrogen-bond donors (Lipinski definition) is 1. The third kappa shape index (κ3) is 3.75. The molecule has 0 radical (unpaired) electrons. The number of rotatable bonds is 3. The van der Waals surface area contributed by atoms with Crippen molar-refractivity contribution in [3.05, 3.63) is 105 Å². The van der Waals surface area contributed by atoms with Gasteiger partial charge in [-0.1, -0.05) is 65.2 Å². The fourth-order valence-corrected chi connectivity index (χ4v) is 4.20. The molecule has 1 unspecified atom stereocenters. The van der Waals surface area contributed by atoms with E-state index in [1.165, 1.54) is 4.90 Å². The Morgan fingerprint density at radius 3 is 2.32 bits per heavy atom. The molecule has 0 saturated carbocycles. The Labute approximate surface area is 186 Å². The van der Waals surface area contributed by atoms with Crippen LogP contribution in [0.2, 0.25) is 5.02 Å². The molecule has 1 N–H and O–H groups in total. The topological polar surface area (TPSA) is 57.6 Å².